The number of nitrogens with zero attached hydrogens (tertiary/aromatic N) is 3. The van der Waals surface area contributed by atoms with E-state index in [1.54, 1.807) is 20.2 Å². The molecule has 1 aromatic carbocycles. The number of rotatable bonds is 5. The fourth-order valence-electron chi connectivity index (χ4n) is 7.25. The lowest BCUT2D eigenvalue weighted by atomic mass is 9.57. The van der Waals surface area contributed by atoms with Crippen molar-refractivity contribution in [3.05, 3.63) is 39.7 Å². The predicted molar refractivity (Wildman–Crippen MR) is 148 cm³/mol. The monoisotopic (exact) mass is 572 g/mol. The number of piperidine rings is 1. The van der Waals surface area contributed by atoms with E-state index in [-0.39, 0.29) is 42.8 Å². The number of likely N-dealkylation sites (N-methyl/N-ethyl adjacent to an activating group) is 1. The van der Waals surface area contributed by atoms with Gasteiger partial charge in [0.15, 0.2) is 11.4 Å². The Labute approximate surface area is 237 Å². The molecule has 1 saturated heterocycles. The molecule has 41 heavy (non-hydrogen) atoms. The van der Waals surface area contributed by atoms with E-state index in [9.17, 15) is 39.2 Å². The third-order valence-corrected chi connectivity index (χ3v) is 9.10. The summed E-state index contributed by atoms with van der Waals surface area (Å²) in [6, 6.07) is 0.663. The number of aliphatic hydroxyl groups excluding tert-OH is 2. The lowest BCUT2D eigenvalue weighted by Crippen LogP contribution is -2.65. The number of hydrogen-bond donors (Lipinski definition) is 5. The number of amides is 1. The Morgan fingerprint density at radius 3 is 2.46 bits per heavy atom. The Balaban J connectivity index is 1.68. The van der Waals surface area contributed by atoms with E-state index < -0.39 is 64.2 Å². The number of Topliss-reactive ketones (excluding diaryl/α,β-unsaturated/α-hetero) is 2. The molecular weight excluding hydrogens is 535 g/mol. The first-order valence-corrected chi connectivity index (χ1v) is 13.8. The van der Waals surface area contributed by atoms with Crippen LogP contribution in [0.2, 0.25) is 0 Å². The van der Waals surface area contributed by atoms with Crippen LogP contribution in [-0.4, -0.2) is 107 Å². The molecule has 1 aromatic rings. The SMILES string of the molecule is CN(C)c1cc(CN2CCCC(F)C2)c(O)c2c1CC1CC3[C@H](N(C)C)C(=O)C(C(N)=O)=C(O)[C@@]3(O)C(=O)C1=C2O. The van der Waals surface area contributed by atoms with Gasteiger partial charge in [0.25, 0.3) is 5.91 Å². The minimum atomic E-state index is -2.69. The highest BCUT2D eigenvalue weighted by Crippen LogP contribution is 2.54. The van der Waals surface area contributed by atoms with Crippen molar-refractivity contribution in [1.29, 1.82) is 0 Å². The van der Waals surface area contributed by atoms with Crippen LogP contribution >= 0.6 is 0 Å². The average molecular weight is 573 g/mol. The van der Waals surface area contributed by atoms with Gasteiger partial charge in [-0.05, 0) is 63.9 Å². The number of phenolic OH excluding ortho intramolecular Hbond substituents is 1. The minimum absolute atomic E-state index is 0.0206. The molecule has 0 radical (unpaired) electrons. The highest BCUT2D eigenvalue weighted by atomic mass is 19.1. The third-order valence-electron chi connectivity index (χ3n) is 9.10. The van der Waals surface area contributed by atoms with Crippen LogP contribution in [0.15, 0.2) is 23.0 Å². The van der Waals surface area contributed by atoms with Gasteiger partial charge < -0.3 is 31.1 Å². The largest absolute Gasteiger partial charge is 0.508 e. The van der Waals surface area contributed by atoms with Crippen molar-refractivity contribution in [1.82, 2.24) is 9.80 Å². The number of aliphatic hydroxyl groups is 3. The van der Waals surface area contributed by atoms with Crippen molar-refractivity contribution in [2.75, 3.05) is 46.2 Å². The van der Waals surface area contributed by atoms with Gasteiger partial charge >= 0.3 is 0 Å². The predicted octanol–water partition coefficient (Wildman–Crippen LogP) is 0.964. The number of halogens is 1. The standard InChI is InChI=1S/C29H37FN4O7/c1-32(2)18-10-14(11-34-7-5-6-15(30)12-34)23(35)20-16(18)8-13-9-17-22(33(3)4)25(37)21(28(31)40)27(39)29(17,41)26(38)19(13)24(20)36/h10,13,15,17,22,35-36,39,41H,5-9,11-12H2,1-4H3,(H2,31,40)/t13?,15?,17?,22-,29-/m0/s1. The van der Waals surface area contributed by atoms with E-state index in [4.69, 9.17) is 5.73 Å². The van der Waals surface area contributed by atoms with Crippen LogP contribution in [0.5, 0.6) is 5.75 Å². The van der Waals surface area contributed by atoms with Crippen molar-refractivity contribution in [2.45, 2.75) is 50.0 Å². The van der Waals surface area contributed by atoms with Crippen LogP contribution in [-0.2, 0) is 27.3 Å². The van der Waals surface area contributed by atoms with Gasteiger partial charge in [-0.3, -0.25) is 24.2 Å². The quantitative estimate of drug-likeness (QED) is 0.321. The molecular formula is C29H37FN4O7. The lowest BCUT2D eigenvalue weighted by molar-refractivity contribution is -0.153. The van der Waals surface area contributed by atoms with Crippen molar-refractivity contribution >= 4 is 28.9 Å². The molecule has 0 aromatic heterocycles. The molecule has 222 valence electrons. The van der Waals surface area contributed by atoms with E-state index in [1.165, 1.54) is 4.90 Å². The molecule has 5 atom stereocenters. The molecule has 11 nitrogen and oxygen atoms in total. The number of alkyl halides is 1. The molecule has 12 heteroatoms. The van der Waals surface area contributed by atoms with Gasteiger partial charge in [0.2, 0.25) is 5.78 Å². The average Bonchev–Trinajstić information content (AvgIpc) is 2.87. The molecule has 0 bridgehead atoms. The van der Waals surface area contributed by atoms with Crippen LogP contribution in [0.3, 0.4) is 0 Å². The third kappa shape index (κ3) is 4.31. The van der Waals surface area contributed by atoms with Crippen LogP contribution in [0.4, 0.5) is 10.1 Å². The molecule has 1 amide bonds. The summed E-state index contributed by atoms with van der Waals surface area (Å²) >= 11 is 0. The number of phenols is 1. The summed E-state index contributed by atoms with van der Waals surface area (Å²) < 4.78 is 14.1. The fraction of sp³-hybridized carbons (Fsp3) is 0.552. The number of anilines is 1. The second-order valence-corrected chi connectivity index (χ2v) is 12.1. The van der Waals surface area contributed by atoms with Crippen LogP contribution in [0.1, 0.15) is 36.0 Å². The van der Waals surface area contributed by atoms with Crippen molar-refractivity contribution < 1.29 is 39.2 Å². The maximum Gasteiger partial charge on any atom is 0.255 e. The molecule has 3 unspecified atom stereocenters. The molecule has 4 aliphatic rings. The number of primary amides is 1. The van der Waals surface area contributed by atoms with Crippen molar-refractivity contribution in [3.63, 3.8) is 0 Å². The zero-order valence-electron chi connectivity index (χ0n) is 23.6. The molecule has 1 saturated carbocycles. The van der Waals surface area contributed by atoms with Crippen molar-refractivity contribution in [3.8, 4) is 5.75 Å². The van der Waals surface area contributed by atoms with Crippen LogP contribution < -0.4 is 10.6 Å². The van der Waals surface area contributed by atoms with Gasteiger partial charge in [0, 0.05) is 49.9 Å². The highest BCUT2D eigenvalue weighted by Gasteiger charge is 2.64. The van der Waals surface area contributed by atoms with Crippen LogP contribution in [0, 0.1) is 11.8 Å². The number of carbonyl (C=O) groups is 3. The maximum absolute atomic E-state index is 14.1. The normalized spacial score (nSPS) is 30.3. The second-order valence-electron chi connectivity index (χ2n) is 12.1. The number of hydrogen-bond acceptors (Lipinski definition) is 10. The first-order valence-electron chi connectivity index (χ1n) is 13.8. The van der Waals surface area contributed by atoms with Crippen LogP contribution in [0.25, 0.3) is 5.76 Å². The summed E-state index contributed by atoms with van der Waals surface area (Å²) in [5.74, 6) is -6.82. The number of carbonyl (C=O) groups excluding carboxylic acids is 3. The number of nitrogens with two attached hydrogens (primary N) is 1. The van der Waals surface area contributed by atoms with Gasteiger partial charge in [-0.25, -0.2) is 4.39 Å². The molecule has 3 aliphatic carbocycles. The molecule has 2 fully saturated rings. The second kappa shape index (κ2) is 10.1. The summed E-state index contributed by atoms with van der Waals surface area (Å²) in [4.78, 5) is 44.7. The Bertz CT molecular complexity index is 1400. The van der Waals surface area contributed by atoms with E-state index in [0.29, 0.717) is 36.2 Å². The molecule has 5 rings (SSSR count). The summed E-state index contributed by atoms with van der Waals surface area (Å²) in [6.45, 7) is 1.09. The number of aromatic hydroxyl groups is 1. The zero-order valence-corrected chi connectivity index (χ0v) is 23.6. The number of fused-ring (bicyclic) bond motifs is 3. The minimum Gasteiger partial charge on any atom is -0.508 e. The number of ketones is 2. The van der Waals surface area contributed by atoms with E-state index in [1.807, 2.05) is 23.9 Å². The number of benzene rings is 1. The van der Waals surface area contributed by atoms with Gasteiger partial charge in [-0.15, -0.1) is 0 Å². The Morgan fingerprint density at radius 1 is 1.20 bits per heavy atom. The summed E-state index contributed by atoms with van der Waals surface area (Å²) in [7, 11) is 6.74. The highest BCUT2D eigenvalue weighted by molar-refractivity contribution is 6.24. The van der Waals surface area contributed by atoms with Gasteiger partial charge in [-0.1, -0.05) is 0 Å². The Hall–Kier alpha value is -3.48. The molecule has 1 aliphatic heterocycles. The summed E-state index contributed by atoms with van der Waals surface area (Å²) in [5, 5.41) is 45.8. The van der Waals surface area contributed by atoms with Gasteiger partial charge in [0.05, 0.1) is 11.6 Å². The van der Waals surface area contributed by atoms with E-state index in [0.717, 1.165) is 0 Å². The molecule has 1 heterocycles. The van der Waals surface area contributed by atoms with E-state index in [2.05, 4.69) is 0 Å². The maximum atomic E-state index is 14.1. The molecule has 6 N–H and O–H groups in total. The number of likely N-dealkylation sites (tertiary alicyclic amines) is 1. The Morgan fingerprint density at radius 2 is 1.88 bits per heavy atom. The summed E-state index contributed by atoms with van der Waals surface area (Å²) in [5.41, 5.74) is 3.42. The van der Waals surface area contributed by atoms with Gasteiger partial charge in [-0.2, -0.15) is 0 Å². The zero-order chi connectivity index (χ0) is 30.1. The van der Waals surface area contributed by atoms with Gasteiger partial charge in [0.1, 0.15) is 29.0 Å². The first kappa shape index (κ1) is 29.0. The van der Waals surface area contributed by atoms with Crippen molar-refractivity contribution in [2.24, 2.45) is 17.6 Å². The first-order chi connectivity index (χ1) is 19.2. The van der Waals surface area contributed by atoms with E-state index >= 15 is 0 Å². The Kier molecular flexibility index (Phi) is 7.16. The molecule has 0 spiro atoms. The summed E-state index contributed by atoms with van der Waals surface area (Å²) in [6.07, 6.45) is 0.411. The smallest absolute Gasteiger partial charge is 0.255 e. The fourth-order valence-corrected chi connectivity index (χ4v) is 7.25. The topological polar surface area (TPSA) is 168 Å². The lowest BCUT2D eigenvalue weighted by Gasteiger charge is -2.50.